The Kier molecular flexibility index (Phi) is 4.77. The summed E-state index contributed by atoms with van der Waals surface area (Å²) in [4.78, 5) is 0. The maximum Gasteiger partial charge on any atom is 0.192 e. The van der Waals surface area contributed by atoms with Gasteiger partial charge >= 0.3 is 0 Å². The van der Waals surface area contributed by atoms with E-state index in [0.29, 0.717) is 0 Å². The Hall–Kier alpha value is -1.30. The second-order valence-corrected chi connectivity index (χ2v) is 0.952. The third-order valence-corrected chi connectivity index (χ3v) is 0.269. The lowest BCUT2D eigenvalue weighted by atomic mass is 10.9. The van der Waals surface area contributed by atoms with E-state index in [9.17, 15) is 0 Å². The Morgan fingerprint density at radius 2 is 1.38 bits per heavy atom. The summed E-state index contributed by atoms with van der Waals surface area (Å²) in [5, 5.41) is 15.0. The molecule has 0 aliphatic carbocycles. The SMILES string of the molecule is N=C(N)NC(=N)N.O. The highest BCUT2D eigenvalue weighted by Gasteiger charge is 1.83. The van der Waals surface area contributed by atoms with Crippen molar-refractivity contribution in [1.29, 1.82) is 10.8 Å². The van der Waals surface area contributed by atoms with Gasteiger partial charge in [0.15, 0.2) is 11.9 Å². The molecule has 0 saturated heterocycles. The quantitative estimate of drug-likeness (QED) is 0.178. The number of rotatable bonds is 0. The van der Waals surface area contributed by atoms with Gasteiger partial charge in [-0.1, -0.05) is 0 Å². The molecule has 0 amide bonds. The molecule has 0 heterocycles. The monoisotopic (exact) mass is 119 g/mol. The zero-order valence-electron chi connectivity index (χ0n) is 4.15. The highest BCUT2D eigenvalue weighted by Crippen LogP contribution is 1.44. The normalized spacial score (nSPS) is 6.50. The van der Waals surface area contributed by atoms with E-state index in [1.165, 1.54) is 0 Å². The fourth-order valence-electron chi connectivity index (χ4n) is 0.145. The van der Waals surface area contributed by atoms with Crippen LogP contribution < -0.4 is 16.8 Å². The Bertz CT molecular complexity index is 86.6. The maximum atomic E-state index is 6.47. The average Bonchev–Trinajstić information content (AvgIpc) is 1.27. The molecule has 0 aliphatic rings. The van der Waals surface area contributed by atoms with Gasteiger partial charge in [0.2, 0.25) is 0 Å². The van der Waals surface area contributed by atoms with Gasteiger partial charge in [-0.25, -0.2) is 0 Å². The van der Waals surface area contributed by atoms with Crippen LogP contribution in [0.3, 0.4) is 0 Å². The van der Waals surface area contributed by atoms with Crippen molar-refractivity contribution >= 4 is 11.9 Å². The van der Waals surface area contributed by atoms with E-state index in [1.54, 1.807) is 0 Å². The van der Waals surface area contributed by atoms with E-state index in [0.717, 1.165) is 0 Å². The molecule has 0 aliphatic heterocycles. The molecule has 0 bridgehead atoms. The first-order valence-corrected chi connectivity index (χ1v) is 1.58. The zero-order chi connectivity index (χ0) is 5.86. The van der Waals surface area contributed by atoms with Crippen LogP contribution in [0.1, 0.15) is 0 Å². The third kappa shape index (κ3) is 8.83. The number of nitrogens with two attached hydrogens (primary N) is 2. The van der Waals surface area contributed by atoms with Gasteiger partial charge in [0.1, 0.15) is 0 Å². The van der Waals surface area contributed by atoms with Gasteiger partial charge in [-0.15, -0.1) is 0 Å². The zero-order valence-corrected chi connectivity index (χ0v) is 4.15. The summed E-state index contributed by atoms with van der Waals surface area (Å²) in [6.07, 6.45) is 0. The van der Waals surface area contributed by atoms with Crippen molar-refractivity contribution in [3.63, 3.8) is 0 Å². The summed E-state index contributed by atoms with van der Waals surface area (Å²) in [5.74, 6) is -0.625. The average molecular weight is 119 g/mol. The highest BCUT2D eigenvalue weighted by atomic mass is 16.0. The standard InChI is InChI=1S/C2H7N5.H2O/c3-1(4)7-2(5)6;/h(H7,3,4,5,6,7);1H2. The number of hydrogen-bond donors (Lipinski definition) is 5. The van der Waals surface area contributed by atoms with Crippen molar-refractivity contribution in [1.82, 2.24) is 5.32 Å². The van der Waals surface area contributed by atoms with Gasteiger partial charge in [0.25, 0.3) is 0 Å². The van der Waals surface area contributed by atoms with Crippen molar-refractivity contribution in [2.75, 3.05) is 0 Å². The van der Waals surface area contributed by atoms with Gasteiger partial charge in [-0.05, 0) is 0 Å². The van der Waals surface area contributed by atoms with Crippen LogP contribution in [0.4, 0.5) is 0 Å². The van der Waals surface area contributed by atoms with E-state index in [2.05, 4.69) is 0 Å². The molecule has 0 fully saturated rings. The minimum Gasteiger partial charge on any atom is -0.412 e. The fourth-order valence-corrected chi connectivity index (χ4v) is 0.145. The first-order chi connectivity index (χ1) is 3.13. The second kappa shape index (κ2) is 3.88. The minimum atomic E-state index is -0.312. The lowest BCUT2D eigenvalue weighted by molar-refractivity contribution is 0.824. The number of nitrogens with one attached hydrogen (secondary N) is 3. The van der Waals surface area contributed by atoms with Crippen LogP contribution in [0.25, 0.3) is 0 Å². The van der Waals surface area contributed by atoms with E-state index >= 15 is 0 Å². The van der Waals surface area contributed by atoms with Crippen molar-refractivity contribution < 1.29 is 5.48 Å². The van der Waals surface area contributed by atoms with Gasteiger partial charge in [0.05, 0.1) is 0 Å². The second-order valence-electron chi connectivity index (χ2n) is 0.952. The number of guanidine groups is 2. The van der Waals surface area contributed by atoms with Crippen LogP contribution in [0.2, 0.25) is 0 Å². The summed E-state index contributed by atoms with van der Waals surface area (Å²) in [7, 11) is 0. The summed E-state index contributed by atoms with van der Waals surface area (Å²) in [6, 6.07) is 0. The molecule has 0 atom stereocenters. The van der Waals surface area contributed by atoms with Gasteiger partial charge < -0.3 is 16.9 Å². The van der Waals surface area contributed by atoms with E-state index in [4.69, 9.17) is 22.3 Å². The number of hydrogen-bond acceptors (Lipinski definition) is 2. The molecule has 8 heavy (non-hydrogen) atoms. The summed E-state index contributed by atoms with van der Waals surface area (Å²) >= 11 is 0. The van der Waals surface area contributed by atoms with E-state index < -0.39 is 0 Å². The first-order valence-electron chi connectivity index (χ1n) is 1.58. The molecule has 0 aromatic carbocycles. The predicted molar refractivity (Wildman–Crippen MR) is 30.6 cm³/mol. The Labute approximate surface area is 46.2 Å². The van der Waals surface area contributed by atoms with Crippen molar-refractivity contribution in [2.45, 2.75) is 0 Å². The molecule has 6 nitrogen and oxygen atoms in total. The molecule has 9 N–H and O–H groups in total. The van der Waals surface area contributed by atoms with Crippen LogP contribution in [0.15, 0.2) is 0 Å². The molecule has 0 saturated carbocycles. The van der Waals surface area contributed by atoms with Crippen LogP contribution in [0, 0.1) is 10.8 Å². The Balaban J connectivity index is 0. The largest absolute Gasteiger partial charge is 0.412 e. The van der Waals surface area contributed by atoms with Crippen molar-refractivity contribution in [3.8, 4) is 0 Å². The minimum absolute atomic E-state index is 0. The molecule has 48 valence electrons. The maximum absolute atomic E-state index is 6.47. The van der Waals surface area contributed by atoms with Crippen LogP contribution in [0.5, 0.6) is 0 Å². The molecule has 0 rings (SSSR count). The topological polar surface area (TPSA) is 143 Å². The fraction of sp³-hybridized carbons (Fsp3) is 0. The lowest BCUT2D eigenvalue weighted by Crippen LogP contribution is -2.39. The summed E-state index contributed by atoms with van der Waals surface area (Å²) in [6.45, 7) is 0. The molecular weight excluding hydrogens is 110 g/mol. The molecule has 0 aromatic rings. The summed E-state index contributed by atoms with van der Waals surface area (Å²) in [5.41, 5.74) is 9.49. The van der Waals surface area contributed by atoms with Crippen LogP contribution >= 0.6 is 0 Å². The Morgan fingerprint density at radius 1 is 1.12 bits per heavy atom. The molecule has 0 unspecified atom stereocenters. The molecule has 0 radical (unpaired) electrons. The highest BCUT2D eigenvalue weighted by molar-refractivity contribution is 5.93. The van der Waals surface area contributed by atoms with Gasteiger partial charge in [-0.3, -0.25) is 16.1 Å². The van der Waals surface area contributed by atoms with E-state index in [-0.39, 0.29) is 17.4 Å². The lowest BCUT2D eigenvalue weighted by Gasteiger charge is -1.95. The first kappa shape index (κ1) is 9.85. The molecule has 0 spiro atoms. The van der Waals surface area contributed by atoms with Gasteiger partial charge in [0, 0.05) is 0 Å². The van der Waals surface area contributed by atoms with Crippen molar-refractivity contribution in [3.05, 3.63) is 0 Å². The predicted octanol–water partition coefficient (Wildman–Crippen LogP) is -2.46. The van der Waals surface area contributed by atoms with Crippen LogP contribution in [-0.4, -0.2) is 17.4 Å². The molecular formula is C2H9N5O. The van der Waals surface area contributed by atoms with Crippen LogP contribution in [-0.2, 0) is 0 Å². The molecule has 6 heteroatoms. The van der Waals surface area contributed by atoms with Gasteiger partial charge in [-0.2, -0.15) is 0 Å². The molecule has 0 aromatic heterocycles. The third-order valence-electron chi connectivity index (χ3n) is 0.269. The summed E-state index contributed by atoms with van der Waals surface area (Å²) < 4.78 is 0. The van der Waals surface area contributed by atoms with E-state index in [1.807, 2.05) is 5.32 Å². The van der Waals surface area contributed by atoms with Crippen molar-refractivity contribution in [2.24, 2.45) is 11.5 Å². The Morgan fingerprint density at radius 3 is 1.38 bits per heavy atom. The smallest absolute Gasteiger partial charge is 0.192 e.